The fraction of sp³-hybridized carbons (Fsp3) is 0.231. The topological polar surface area (TPSA) is 37.8 Å². The Hall–Kier alpha value is -1.17. The van der Waals surface area contributed by atoms with Gasteiger partial charge in [-0.25, -0.2) is 9.97 Å². The number of hydrogen-bond donors (Lipinski definition) is 1. The van der Waals surface area contributed by atoms with Crippen molar-refractivity contribution in [2.75, 3.05) is 5.32 Å². The highest BCUT2D eigenvalue weighted by atomic mass is 127. The maximum atomic E-state index is 4.53. The molecule has 1 aliphatic rings. The molecule has 0 spiro atoms. The number of hydrogen-bond acceptors (Lipinski definition) is 3. The third-order valence-electron chi connectivity index (χ3n) is 2.71. The maximum absolute atomic E-state index is 4.53. The zero-order valence-corrected chi connectivity index (χ0v) is 11.4. The van der Waals surface area contributed by atoms with Gasteiger partial charge in [-0.05, 0) is 53.6 Å². The summed E-state index contributed by atoms with van der Waals surface area (Å²) in [7, 11) is 0. The zero-order chi connectivity index (χ0) is 11.7. The molecule has 0 atom stereocenters. The van der Waals surface area contributed by atoms with E-state index in [2.05, 4.69) is 62.1 Å². The second-order valence-electron chi connectivity index (χ2n) is 4.19. The van der Waals surface area contributed by atoms with Gasteiger partial charge in [0.2, 0.25) is 5.95 Å². The molecule has 0 amide bonds. The minimum atomic E-state index is 0.585. The van der Waals surface area contributed by atoms with Crippen LogP contribution in [0.25, 0.3) is 11.3 Å². The third-order valence-corrected chi connectivity index (χ3v) is 3.43. The molecule has 0 radical (unpaired) electrons. The van der Waals surface area contributed by atoms with E-state index in [9.17, 15) is 0 Å². The van der Waals surface area contributed by atoms with Crippen LogP contribution in [-0.2, 0) is 0 Å². The van der Waals surface area contributed by atoms with Gasteiger partial charge in [0.25, 0.3) is 0 Å². The molecular weight excluding hydrogens is 325 g/mol. The number of aromatic nitrogens is 2. The van der Waals surface area contributed by atoms with Crippen LogP contribution in [0.1, 0.15) is 12.8 Å². The standard InChI is InChI=1S/C13H12IN3/c14-10-3-1-9(2-4-10)12-7-8-15-13(17-12)16-11-5-6-11/h1-4,7-8,11H,5-6H2,(H,15,16,17). The van der Waals surface area contributed by atoms with Crippen molar-refractivity contribution in [2.24, 2.45) is 0 Å². The Morgan fingerprint density at radius 2 is 1.88 bits per heavy atom. The number of anilines is 1. The fourth-order valence-corrected chi connectivity index (χ4v) is 1.98. The van der Waals surface area contributed by atoms with Gasteiger partial charge in [0.05, 0.1) is 5.69 Å². The molecule has 17 heavy (non-hydrogen) atoms. The highest BCUT2D eigenvalue weighted by Gasteiger charge is 2.21. The molecule has 1 fully saturated rings. The van der Waals surface area contributed by atoms with Crippen molar-refractivity contribution < 1.29 is 0 Å². The number of benzene rings is 1. The number of nitrogens with zero attached hydrogens (tertiary/aromatic N) is 2. The summed E-state index contributed by atoms with van der Waals surface area (Å²) in [5.74, 6) is 0.739. The molecule has 4 heteroatoms. The van der Waals surface area contributed by atoms with E-state index < -0.39 is 0 Å². The Balaban J connectivity index is 1.88. The summed E-state index contributed by atoms with van der Waals surface area (Å²) < 4.78 is 1.23. The van der Waals surface area contributed by atoms with Crippen LogP contribution in [0.2, 0.25) is 0 Å². The van der Waals surface area contributed by atoms with Gasteiger partial charge >= 0.3 is 0 Å². The molecule has 1 aromatic heterocycles. The molecule has 0 bridgehead atoms. The second kappa shape index (κ2) is 4.60. The van der Waals surface area contributed by atoms with Crippen LogP contribution in [0.15, 0.2) is 36.5 Å². The molecule has 1 aromatic carbocycles. The lowest BCUT2D eigenvalue weighted by Gasteiger charge is -2.05. The zero-order valence-electron chi connectivity index (χ0n) is 9.23. The Labute approximate surface area is 114 Å². The third kappa shape index (κ3) is 2.74. The van der Waals surface area contributed by atoms with E-state index in [1.807, 2.05) is 12.3 Å². The molecule has 1 heterocycles. The Bertz CT molecular complexity index is 520. The first-order valence-electron chi connectivity index (χ1n) is 5.67. The smallest absolute Gasteiger partial charge is 0.223 e. The number of nitrogens with one attached hydrogen (secondary N) is 1. The quantitative estimate of drug-likeness (QED) is 0.873. The largest absolute Gasteiger partial charge is 0.351 e. The van der Waals surface area contributed by atoms with E-state index >= 15 is 0 Å². The molecule has 86 valence electrons. The minimum Gasteiger partial charge on any atom is -0.351 e. The van der Waals surface area contributed by atoms with E-state index in [1.165, 1.54) is 16.4 Å². The molecule has 3 nitrogen and oxygen atoms in total. The summed E-state index contributed by atoms with van der Waals surface area (Å²) in [5, 5.41) is 3.31. The van der Waals surface area contributed by atoms with Gasteiger partial charge in [-0.15, -0.1) is 0 Å². The van der Waals surface area contributed by atoms with E-state index in [1.54, 1.807) is 0 Å². The normalized spacial score (nSPS) is 14.6. The van der Waals surface area contributed by atoms with Gasteiger partial charge in [0.1, 0.15) is 0 Å². The SMILES string of the molecule is Ic1ccc(-c2ccnc(NC3CC3)n2)cc1. The average molecular weight is 337 g/mol. The summed E-state index contributed by atoms with van der Waals surface area (Å²) in [6, 6.07) is 10.9. The van der Waals surface area contributed by atoms with Crippen LogP contribution in [0.4, 0.5) is 5.95 Å². The molecule has 3 rings (SSSR count). The van der Waals surface area contributed by atoms with E-state index in [4.69, 9.17) is 0 Å². The minimum absolute atomic E-state index is 0.585. The van der Waals surface area contributed by atoms with Gasteiger partial charge in [-0.3, -0.25) is 0 Å². The average Bonchev–Trinajstić information content (AvgIpc) is 3.14. The van der Waals surface area contributed by atoms with E-state index in [0.717, 1.165) is 17.2 Å². The number of rotatable bonds is 3. The predicted octanol–water partition coefficient (Wildman–Crippen LogP) is 3.32. The monoisotopic (exact) mass is 337 g/mol. The Morgan fingerprint density at radius 1 is 1.12 bits per heavy atom. The number of halogens is 1. The molecule has 0 aliphatic heterocycles. The Kier molecular flexibility index (Phi) is 2.96. The van der Waals surface area contributed by atoms with Gasteiger partial charge in [-0.2, -0.15) is 0 Å². The summed E-state index contributed by atoms with van der Waals surface area (Å²) >= 11 is 2.30. The van der Waals surface area contributed by atoms with Crippen LogP contribution >= 0.6 is 22.6 Å². The first kappa shape index (κ1) is 11.0. The van der Waals surface area contributed by atoms with Crippen molar-refractivity contribution in [1.29, 1.82) is 0 Å². The van der Waals surface area contributed by atoms with Crippen molar-refractivity contribution in [3.05, 3.63) is 40.1 Å². The van der Waals surface area contributed by atoms with Gasteiger partial charge < -0.3 is 5.32 Å². The van der Waals surface area contributed by atoms with Crippen molar-refractivity contribution in [3.63, 3.8) is 0 Å². The van der Waals surface area contributed by atoms with E-state index in [0.29, 0.717) is 6.04 Å². The first-order chi connectivity index (χ1) is 8.31. The summed E-state index contributed by atoms with van der Waals surface area (Å²) in [5.41, 5.74) is 2.10. The van der Waals surface area contributed by atoms with Crippen LogP contribution in [0.3, 0.4) is 0 Å². The molecule has 1 N–H and O–H groups in total. The molecule has 1 saturated carbocycles. The lowest BCUT2D eigenvalue weighted by atomic mass is 10.1. The second-order valence-corrected chi connectivity index (χ2v) is 5.44. The Morgan fingerprint density at radius 3 is 2.59 bits per heavy atom. The summed E-state index contributed by atoms with van der Waals surface area (Å²) in [4.78, 5) is 8.77. The maximum Gasteiger partial charge on any atom is 0.223 e. The highest BCUT2D eigenvalue weighted by Crippen LogP contribution is 2.24. The van der Waals surface area contributed by atoms with Crippen LogP contribution < -0.4 is 5.32 Å². The van der Waals surface area contributed by atoms with Crippen molar-refractivity contribution >= 4 is 28.5 Å². The van der Waals surface area contributed by atoms with Crippen molar-refractivity contribution in [1.82, 2.24) is 9.97 Å². The molecule has 0 saturated heterocycles. The highest BCUT2D eigenvalue weighted by molar-refractivity contribution is 14.1. The van der Waals surface area contributed by atoms with E-state index in [-0.39, 0.29) is 0 Å². The molecular formula is C13H12IN3. The summed E-state index contributed by atoms with van der Waals surface area (Å²) in [6.07, 6.45) is 4.28. The molecule has 1 aliphatic carbocycles. The van der Waals surface area contributed by atoms with Crippen LogP contribution in [-0.4, -0.2) is 16.0 Å². The van der Waals surface area contributed by atoms with Crippen LogP contribution in [0.5, 0.6) is 0 Å². The fourth-order valence-electron chi connectivity index (χ4n) is 1.62. The molecule has 0 unspecified atom stereocenters. The predicted molar refractivity (Wildman–Crippen MR) is 76.8 cm³/mol. The van der Waals surface area contributed by atoms with Gasteiger partial charge in [0.15, 0.2) is 0 Å². The lowest BCUT2D eigenvalue weighted by molar-refractivity contribution is 1.06. The van der Waals surface area contributed by atoms with Gasteiger partial charge in [-0.1, -0.05) is 12.1 Å². The van der Waals surface area contributed by atoms with Crippen LogP contribution in [0, 0.1) is 3.57 Å². The first-order valence-corrected chi connectivity index (χ1v) is 6.75. The lowest BCUT2D eigenvalue weighted by Crippen LogP contribution is -2.05. The van der Waals surface area contributed by atoms with Crippen molar-refractivity contribution in [2.45, 2.75) is 18.9 Å². The van der Waals surface area contributed by atoms with Crippen molar-refractivity contribution in [3.8, 4) is 11.3 Å². The molecule has 2 aromatic rings. The van der Waals surface area contributed by atoms with Gasteiger partial charge in [0, 0.05) is 21.4 Å². The summed E-state index contributed by atoms with van der Waals surface area (Å²) in [6.45, 7) is 0.